The quantitative estimate of drug-likeness (QED) is 0.0311. The van der Waals surface area contributed by atoms with Crippen LogP contribution in [-0.4, -0.2) is 11.8 Å². The van der Waals surface area contributed by atoms with Crippen LogP contribution in [0.2, 0.25) is 0 Å². The summed E-state index contributed by atoms with van der Waals surface area (Å²) >= 11 is 0. The van der Waals surface area contributed by atoms with E-state index in [1.165, 1.54) is 155 Å². The summed E-state index contributed by atoms with van der Waals surface area (Å²) in [6.07, 6.45) is 33.1. The van der Waals surface area contributed by atoms with Crippen LogP contribution >= 0.6 is 0 Å². The van der Waals surface area contributed by atoms with Gasteiger partial charge in [0.2, 0.25) is 0 Å². The molecular formula is C77H104F4. The van der Waals surface area contributed by atoms with E-state index in [1.54, 1.807) is 0 Å². The minimum absolute atomic E-state index is 0.00289. The van der Waals surface area contributed by atoms with Crippen molar-refractivity contribution in [3.63, 3.8) is 0 Å². The Morgan fingerprint density at radius 1 is 0.296 bits per heavy atom. The molecule has 0 saturated heterocycles. The van der Waals surface area contributed by atoms with Gasteiger partial charge in [0.15, 0.2) is 0 Å². The SMILES string of the molecule is CCCCCCC1CCC(c2ccc(-c3ccc(CC(F)(F)CCCCCC)cc3)cc2)CC1.CCCCCCCC1CCC(c2ccc(-c3ccc(CC(F)(F)CCCCCC)cc3)cc2)CC1.c1ccc(-c2ccccc2)cc1. The Balaban J connectivity index is 0.000000216. The van der Waals surface area contributed by atoms with Crippen LogP contribution in [0.1, 0.15) is 248 Å². The summed E-state index contributed by atoms with van der Waals surface area (Å²) in [5.41, 5.74) is 11.5. The summed E-state index contributed by atoms with van der Waals surface area (Å²) in [7, 11) is 0. The van der Waals surface area contributed by atoms with Crippen molar-refractivity contribution in [2.24, 2.45) is 11.8 Å². The molecule has 0 N–H and O–H groups in total. The Hall–Kier alpha value is -4.96. The molecule has 2 saturated carbocycles. The molecule has 0 radical (unpaired) electrons. The number of hydrogen-bond donors (Lipinski definition) is 0. The number of benzene rings is 6. The molecule has 0 amide bonds. The molecule has 2 fully saturated rings. The fourth-order valence-electron chi connectivity index (χ4n) is 12.6. The van der Waals surface area contributed by atoms with Crippen molar-refractivity contribution in [2.45, 2.75) is 250 Å². The molecule has 0 heterocycles. The van der Waals surface area contributed by atoms with Crippen LogP contribution in [-0.2, 0) is 12.8 Å². The molecule has 0 aromatic heterocycles. The fourth-order valence-corrected chi connectivity index (χ4v) is 12.6. The van der Waals surface area contributed by atoms with E-state index in [0.717, 1.165) is 72.6 Å². The highest BCUT2D eigenvalue weighted by atomic mass is 19.3. The van der Waals surface area contributed by atoms with Gasteiger partial charge in [-0.15, -0.1) is 0 Å². The van der Waals surface area contributed by atoms with Crippen molar-refractivity contribution in [1.82, 2.24) is 0 Å². The van der Waals surface area contributed by atoms with E-state index < -0.39 is 11.8 Å². The minimum Gasteiger partial charge on any atom is -0.207 e. The van der Waals surface area contributed by atoms with Gasteiger partial charge in [0.1, 0.15) is 0 Å². The zero-order chi connectivity index (χ0) is 57.4. The van der Waals surface area contributed by atoms with Gasteiger partial charge in [-0.2, -0.15) is 0 Å². The Morgan fingerprint density at radius 2 is 0.568 bits per heavy atom. The molecule has 2 aliphatic carbocycles. The van der Waals surface area contributed by atoms with Gasteiger partial charge in [-0.25, -0.2) is 17.6 Å². The van der Waals surface area contributed by atoms with E-state index in [-0.39, 0.29) is 25.7 Å². The molecule has 2 aliphatic rings. The lowest BCUT2D eigenvalue weighted by molar-refractivity contribution is -0.0102. The molecule has 0 aliphatic heterocycles. The van der Waals surface area contributed by atoms with Crippen molar-refractivity contribution in [3.05, 3.63) is 180 Å². The number of alkyl halides is 4. The summed E-state index contributed by atoms with van der Waals surface area (Å²) < 4.78 is 57.2. The summed E-state index contributed by atoms with van der Waals surface area (Å²) in [4.78, 5) is 0. The van der Waals surface area contributed by atoms with Gasteiger partial charge in [0.25, 0.3) is 11.8 Å². The molecule has 0 unspecified atom stereocenters. The third-order valence-electron chi connectivity index (χ3n) is 17.8. The Kier molecular flexibility index (Phi) is 29.4. The van der Waals surface area contributed by atoms with Crippen molar-refractivity contribution >= 4 is 0 Å². The van der Waals surface area contributed by atoms with Crippen LogP contribution in [0.4, 0.5) is 17.6 Å². The molecule has 8 rings (SSSR count). The molecule has 0 nitrogen and oxygen atoms in total. The first kappa shape index (κ1) is 65.2. The van der Waals surface area contributed by atoms with Gasteiger partial charge in [-0.1, -0.05) is 295 Å². The van der Waals surface area contributed by atoms with E-state index in [2.05, 4.69) is 125 Å². The fraction of sp³-hybridized carbons (Fsp3) is 0.532. The molecule has 440 valence electrons. The Labute approximate surface area is 490 Å². The van der Waals surface area contributed by atoms with Crippen LogP contribution in [0.5, 0.6) is 0 Å². The standard InChI is InChI=1S/C33H48F2.C32H46F2.C12H10/c1-3-5-7-9-10-12-27-13-17-29(18-14-27)31-21-23-32(24-22-31)30-19-15-28(16-20-30)26-33(34,35)25-11-8-6-4-2;1-3-5-7-9-11-26-12-16-28(17-13-26)30-20-22-31(23-21-30)29-18-14-27(15-19-29)25-32(33,34)24-10-8-6-4-2;1-3-7-11(8-4-1)12-9-5-2-6-10-12/h15-16,19-24,27,29H,3-14,17-18,25-26H2,1-2H3;14-15,18-23,26,28H,3-13,16-17,24-25H2,1-2H3;1-10H. The van der Waals surface area contributed by atoms with Gasteiger partial charge < -0.3 is 0 Å². The number of halogens is 4. The van der Waals surface area contributed by atoms with E-state index in [1.807, 2.05) is 60.7 Å². The van der Waals surface area contributed by atoms with Crippen molar-refractivity contribution in [2.75, 3.05) is 0 Å². The first-order valence-corrected chi connectivity index (χ1v) is 32.7. The van der Waals surface area contributed by atoms with Gasteiger partial charge in [0, 0.05) is 25.7 Å². The second-order valence-corrected chi connectivity index (χ2v) is 24.5. The molecule has 81 heavy (non-hydrogen) atoms. The van der Waals surface area contributed by atoms with Crippen LogP contribution in [0.15, 0.2) is 158 Å². The third-order valence-corrected chi connectivity index (χ3v) is 17.8. The maximum Gasteiger partial charge on any atom is 0.252 e. The molecule has 4 heteroatoms. The average Bonchev–Trinajstić information content (AvgIpc) is 3.50. The number of rotatable bonds is 30. The lowest BCUT2D eigenvalue weighted by Gasteiger charge is -2.29. The monoisotopic (exact) mass is 1100 g/mol. The topological polar surface area (TPSA) is 0 Å². The van der Waals surface area contributed by atoms with Gasteiger partial charge >= 0.3 is 0 Å². The normalized spacial score (nSPS) is 17.4. The van der Waals surface area contributed by atoms with E-state index in [0.29, 0.717) is 24.7 Å². The van der Waals surface area contributed by atoms with Gasteiger partial charge in [-0.05, 0) is 144 Å². The summed E-state index contributed by atoms with van der Waals surface area (Å²) in [5, 5.41) is 0. The number of hydrogen-bond acceptors (Lipinski definition) is 0. The van der Waals surface area contributed by atoms with Crippen LogP contribution in [0, 0.1) is 11.8 Å². The first-order chi connectivity index (χ1) is 39.5. The second-order valence-electron chi connectivity index (χ2n) is 24.5. The summed E-state index contributed by atoms with van der Waals surface area (Å²) in [6.45, 7) is 8.78. The van der Waals surface area contributed by atoms with Crippen LogP contribution < -0.4 is 0 Å². The Morgan fingerprint density at radius 3 is 0.889 bits per heavy atom. The molecule has 0 bridgehead atoms. The minimum atomic E-state index is -2.61. The zero-order valence-electron chi connectivity index (χ0n) is 50.8. The predicted molar refractivity (Wildman–Crippen MR) is 342 cm³/mol. The average molecular weight is 1110 g/mol. The highest BCUT2D eigenvalue weighted by molar-refractivity contribution is 5.65. The smallest absolute Gasteiger partial charge is 0.207 e. The lowest BCUT2D eigenvalue weighted by Crippen LogP contribution is -2.19. The van der Waals surface area contributed by atoms with E-state index >= 15 is 0 Å². The number of unbranched alkanes of at least 4 members (excludes halogenated alkanes) is 13. The van der Waals surface area contributed by atoms with E-state index in [4.69, 9.17) is 0 Å². The van der Waals surface area contributed by atoms with Crippen molar-refractivity contribution in [1.29, 1.82) is 0 Å². The predicted octanol–water partition coefficient (Wildman–Crippen LogP) is 25.2. The highest BCUT2D eigenvalue weighted by Gasteiger charge is 2.30. The second kappa shape index (κ2) is 36.6. The van der Waals surface area contributed by atoms with Crippen LogP contribution in [0.3, 0.4) is 0 Å². The van der Waals surface area contributed by atoms with E-state index in [9.17, 15) is 17.6 Å². The molecule has 6 aromatic rings. The maximum absolute atomic E-state index is 14.3. The lowest BCUT2D eigenvalue weighted by atomic mass is 9.77. The Bertz CT molecular complexity index is 2460. The summed E-state index contributed by atoms with van der Waals surface area (Å²) in [6, 6.07) is 54.3. The van der Waals surface area contributed by atoms with Gasteiger partial charge in [0.05, 0.1) is 0 Å². The van der Waals surface area contributed by atoms with Gasteiger partial charge in [-0.3, -0.25) is 0 Å². The maximum atomic E-state index is 14.3. The van der Waals surface area contributed by atoms with Crippen molar-refractivity contribution in [3.8, 4) is 33.4 Å². The largest absolute Gasteiger partial charge is 0.252 e. The molecule has 0 spiro atoms. The summed E-state index contributed by atoms with van der Waals surface area (Å²) in [5.74, 6) is -1.94. The highest BCUT2D eigenvalue weighted by Crippen LogP contribution is 2.40. The third kappa shape index (κ3) is 24.4. The first-order valence-electron chi connectivity index (χ1n) is 32.7. The molecule has 0 atom stereocenters. The van der Waals surface area contributed by atoms with Crippen LogP contribution in [0.25, 0.3) is 33.4 Å². The molecular weight excluding hydrogens is 1000 g/mol. The van der Waals surface area contributed by atoms with Crippen molar-refractivity contribution < 1.29 is 17.6 Å². The zero-order valence-corrected chi connectivity index (χ0v) is 50.8. The molecule has 6 aromatic carbocycles.